The molecule has 1 aliphatic rings. The third-order valence-corrected chi connectivity index (χ3v) is 3.37. The topological polar surface area (TPSA) is 67.4 Å². The van der Waals surface area contributed by atoms with Crippen LogP contribution in [0.2, 0.25) is 0 Å². The fraction of sp³-hybridized carbons (Fsp3) is 0.467. The van der Waals surface area contributed by atoms with E-state index in [9.17, 15) is 9.59 Å². The molecule has 1 fully saturated rings. The Labute approximate surface area is 118 Å². The van der Waals surface area contributed by atoms with Crippen LogP contribution in [0, 0.1) is 0 Å². The van der Waals surface area contributed by atoms with Crippen molar-refractivity contribution >= 4 is 17.5 Å². The maximum Gasteiger partial charge on any atom is 0.313 e. The van der Waals surface area contributed by atoms with E-state index in [0.29, 0.717) is 12.2 Å². The van der Waals surface area contributed by atoms with Crippen molar-refractivity contribution < 1.29 is 14.3 Å². The van der Waals surface area contributed by atoms with Gasteiger partial charge in [0.15, 0.2) is 0 Å². The zero-order chi connectivity index (χ0) is 14.4. The number of carbonyl (C=O) groups excluding carboxylic acids is 2. The van der Waals surface area contributed by atoms with Gasteiger partial charge in [-0.2, -0.15) is 0 Å². The molecular weight excluding hydrogens is 256 g/mol. The Kier molecular flexibility index (Phi) is 5.12. The van der Waals surface area contributed by atoms with Crippen molar-refractivity contribution in [3.63, 3.8) is 0 Å². The molecule has 0 bridgehead atoms. The number of rotatable bonds is 4. The molecule has 0 saturated carbocycles. The lowest BCUT2D eigenvalue weighted by Gasteiger charge is -2.12. The van der Waals surface area contributed by atoms with E-state index in [1.54, 1.807) is 6.07 Å². The van der Waals surface area contributed by atoms with Crippen molar-refractivity contribution in [2.75, 3.05) is 18.5 Å². The molecule has 5 heteroatoms. The molecule has 0 aromatic heterocycles. The number of carbonyl (C=O) groups is 2. The summed E-state index contributed by atoms with van der Waals surface area (Å²) in [5.41, 5.74) is 1.69. The first-order valence-electron chi connectivity index (χ1n) is 6.99. The first-order chi connectivity index (χ1) is 9.70. The van der Waals surface area contributed by atoms with Crippen LogP contribution in [-0.2, 0) is 20.7 Å². The fourth-order valence-electron chi connectivity index (χ4n) is 2.22. The molecule has 20 heavy (non-hydrogen) atoms. The summed E-state index contributed by atoms with van der Waals surface area (Å²) in [4.78, 5) is 23.5. The lowest BCUT2D eigenvalue weighted by Crippen LogP contribution is -2.39. The summed E-state index contributed by atoms with van der Waals surface area (Å²) in [6.45, 7) is 3.13. The molecule has 2 N–H and O–H groups in total. The third kappa shape index (κ3) is 3.81. The second-order valence-electron chi connectivity index (χ2n) is 4.81. The maximum absolute atomic E-state index is 11.8. The second kappa shape index (κ2) is 7.05. The Morgan fingerprint density at radius 2 is 2.10 bits per heavy atom. The van der Waals surface area contributed by atoms with Crippen molar-refractivity contribution in [1.82, 2.24) is 5.32 Å². The van der Waals surface area contributed by atoms with Gasteiger partial charge in [-0.15, -0.1) is 0 Å². The third-order valence-electron chi connectivity index (χ3n) is 3.37. The molecule has 0 unspecified atom stereocenters. The van der Waals surface area contributed by atoms with Gasteiger partial charge in [0.1, 0.15) is 0 Å². The van der Waals surface area contributed by atoms with E-state index in [2.05, 4.69) is 10.6 Å². The van der Waals surface area contributed by atoms with Crippen molar-refractivity contribution in [2.24, 2.45) is 0 Å². The number of anilines is 1. The molecule has 1 atom stereocenters. The number of nitrogens with one attached hydrogen (secondary N) is 2. The predicted octanol–water partition coefficient (Wildman–Crippen LogP) is 1.48. The van der Waals surface area contributed by atoms with E-state index in [0.717, 1.165) is 31.4 Å². The molecule has 2 amide bonds. The average molecular weight is 276 g/mol. The summed E-state index contributed by atoms with van der Waals surface area (Å²) in [6, 6.07) is 7.47. The minimum atomic E-state index is -0.635. The van der Waals surface area contributed by atoms with Gasteiger partial charge in [0.05, 0.1) is 6.10 Å². The largest absolute Gasteiger partial charge is 0.376 e. The van der Waals surface area contributed by atoms with Crippen molar-refractivity contribution in [1.29, 1.82) is 0 Å². The molecule has 1 aromatic carbocycles. The van der Waals surface area contributed by atoms with Crippen LogP contribution in [0.3, 0.4) is 0 Å². The molecule has 1 heterocycles. The summed E-state index contributed by atoms with van der Waals surface area (Å²) >= 11 is 0. The molecule has 1 aliphatic heterocycles. The summed E-state index contributed by atoms with van der Waals surface area (Å²) in [7, 11) is 0. The van der Waals surface area contributed by atoms with Gasteiger partial charge in [0.2, 0.25) is 0 Å². The van der Waals surface area contributed by atoms with Crippen molar-refractivity contribution in [2.45, 2.75) is 32.3 Å². The normalized spacial score (nSPS) is 17.8. The Balaban J connectivity index is 1.85. The lowest BCUT2D eigenvalue weighted by molar-refractivity contribution is -0.136. The number of ether oxygens (including phenoxy) is 1. The highest BCUT2D eigenvalue weighted by Gasteiger charge is 2.19. The van der Waals surface area contributed by atoms with Crippen LogP contribution in [0.15, 0.2) is 24.3 Å². The van der Waals surface area contributed by atoms with Crippen LogP contribution in [0.4, 0.5) is 5.69 Å². The molecule has 0 aliphatic carbocycles. The first-order valence-corrected chi connectivity index (χ1v) is 6.99. The van der Waals surface area contributed by atoms with E-state index in [4.69, 9.17) is 4.74 Å². The van der Waals surface area contributed by atoms with Crippen LogP contribution in [0.1, 0.15) is 25.3 Å². The highest BCUT2D eigenvalue weighted by atomic mass is 16.5. The molecule has 1 aromatic rings. The van der Waals surface area contributed by atoms with Gasteiger partial charge in [0.25, 0.3) is 0 Å². The predicted molar refractivity (Wildman–Crippen MR) is 76.4 cm³/mol. The molecule has 1 saturated heterocycles. The molecule has 0 radical (unpaired) electrons. The van der Waals surface area contributed by atoms with Crippen LogP contribution >= 0.6 is 0 Å². The first kappa shape index (κ1) is 14.5. The van der Waals surface area contributed by atoms with Crippen molar-refractivity contribution in [3.8, 4) is 0 Å². The second-order valence-corrected chi connectivity index (χ2v) is 4.81. The maximum atomic E-state index is 11.8. The number of para-hydroxylation sites is 1. The Morgan fingerprint density at radius 1 is 1.30 bits per heavy atom. The molecule has 0 spiro atoms. The number of hydrogen-bond acceptors (Lipinski definition) is 3. The van der Waals surface area contributed by atoms with E-state index < -0.39 is 11.8 Å². The van der Waals surface area contributed by atoms with Gasteiger partial charge in [0, 0.05) is 18.8 Å². The van der Waals surface area contributed by atoms with Gasteiger partial charge in [-0.1, -0.05) is 25.1 Å². The Bertz CT molecular complexity index is 482. The summed E-state index contributed by atoms with van der Waals surface area (Å²) in [6.07, 6.45) is 2.78. The van der Waals surface area contributed by atoms with Gasteiger partial charge in [-0.25, -0.2) is 0 Å². The molecule has 2 rings (SSSR count). The number of hydrogen-bond donors (Lipinski definition) is 2. The smallest absolute Gasteiger partial charge is 0.313 e. The van der Waals surface area contributed by atoms with Crippen molar-refractivity contribution in [3.05, 3.63) is 29.8 Å². The lowest BCUT2D eigenvalue weighted by atomic mass is 10.1. The zero-order valence-electron chi connectivity index (χ0n) is 11.6. The quantitative estimate of drug-likeness (QED) is 0.819. The number of amides is 2. The summed E-state index contributed by atoms with van der Waals surface area (Å²) in [5.74, 6) is -1.25. The van der Waals surface area contributed by atoms with Crippen LogP contribution in [0.5, 0.6) is 0 Å². The number of benzene rings is 1. The Hall–Kier alpha value is -1.88. The van der Waals surface area contributed by atoms with Crippen LogP contribution in [0.25, 0.3) is 0 Å². The van der Waals surface area contributed by atoms with Gasteiger partial charge >= 0.3 is 11.8 Å². The number of aryl methyl sites for hydroxylation is 1. The summed E-state index contributed by atoms with van der Waals surface area (Å²) < 4.78 is 5.39. The molecule has 108 valence electrons. The monoisotopic (exact) mass is 276 g/mol. The Morgan fingerprint density at radius 3 is 2.80 bits per heavy atom. The van der Waals surface area contributed by atoms with Gasteiger partial charge in [-0.05, 0) is 30.9 Å². The van der Waals surface area contributed by atoms with E-state index in [-0.39, 0.29) is 6.10 Å². The SMILES string of the molecule is CCc1ccccc1NC(=O)C(=O)NC[C@H]1CCCO1. The van der Waals surface area contributed by atoms with E-state index in [1.165, 1.54) is 0 Å². The average Bonchev–Trinajstić information content (AvgIpc) is 2.98. The highest BCUT2D eigenvalue weighted by molar-refractivity contribution is 6.39. The van der Waals surface area contributed by atoms with Crippen LogP contribution in [-0.4, -0.2) is 31.1 Å². The standard InChI is InChI=1S/C15H20N2O3/c1-2-11-6-3-4-8-13(11)17-15(19)14(18)16-10-12-7-5-9-20-12/h3-4,6,8,12H,2,5,7,9-10H2,1H3,(H,16,18)(H,17,19)/t12-/m1/s1. The molecule has 5 nitrogen and oxygen atoms in total. The minimum absolute atomic E-state index is 0.0367. The minimum Gasteiger partial charge on any atom is -0.376 e. The van der Waals surface area contributed by atoms with Gasteiger partial charge in [-0.3, -0.25) is 9.59 Å². The fourth-order valence-corrected chi connectivity index (χ4v) is 2.22. The zero-order valence-corrected chi connectivity index (χ0v) is 11.6. The van der Waals surface area contributed by atoms with Gasteiger partial charge < -0.3 is 15.4 Å². The molecular formula is C15H20N2O3. The van der Waals surface area contributed by atoms with Crippen LogP contribution < -0.4 is 10.6 Å². The van der Waals surface area contributed by atoms with E-state index in [1.807, 2.05) is 25.1 Å². The summed E-state index contributed by atoms with van der Waals surface area (Å²) in [5, 5.41) is 5.25. The highest BCUT2D eigenvalue weighted by Crippen LogP contribution is 2.15. The van der Waals surface area contributed by atoms with E-state index >= 15 is 0 Å².